The average molecular weight is 247 g/mol. The summed E-state index contributed by atoms with van der Waals surface area (Å²) < 4.78 is 0. The van der Waals surface area contributed by atoms with Gasteiger partial charge in [0.2, 0.25) is 0 Å². The number of unbranched alkanes of at least 4 members (excludes halogenated alkanes) is 1. The van der Waals surface area contributed by atoms with Crippen molar-refractivity contribution in [3.8, 4) is 0 Å². The molecule has 0 aliphatic rings. The Bertz CT molecular complexity index is 330. The monoisotopic (exact) mass is 247 g/mol. The smallest absolute Gasteiger partial charge is 0.00203 e. The van der Waals surface area contributed by atoms with Crippen molar-refractivity contribution in [3.05, 3.63) is 35.4 Å². The summed E-state index contributed by atoms with van der Waals surface area (Å²) in [7, 11) is 0. The molecular formula is C17H29N. The molecule has 0 aliphatic heterocycles. The minimum atomic E-state index is 0.671. The first kappa shape index (κ1) is 15.2. The van der Waals surface area contributed by atoms with Crippen molar-refractivity contribution >= 4 is 0 Å². The molecule has 1 aromatic carbocycles. The lowest BCUT2D eigenvalue weighted by atomic mass is 9.90. The van der Waals surface area contributed by atoms with Crippen molar-refractivity contribution in [2.24, 2.45) is 5.92 Å². The zero-order valence-corrected chi connectivity index (χ0v) is 12.5. The molecule has 0 bridgehead atoms. The molecule has 1 nitrogen and oxygen atoms in total. The molecule has 0 saturated carbocycles. The summed E-state index contributed by atoms with van der Waals surface area (Å²) in [5.74, 6) is 1.40. The largest absolute Gasteiger partial charge is 0.316 e. The first-order valence-electron chi connectivity index (χ1n) is 7.41. The molecule has 0 aromatic heterocycles. The highest BCUT2D eigenvalue weighted by Crippen LogP contribution is 2.24. The van der Waals surface area contributed by atoms with Gasteiger partial charge in [0.15, 0.2) is 0 Å². The Morgan fingerprint density at radius 1 is 1.11 bits per heavy atom. The Kier molecular flexibility index (Phi) is 7.04. The summed E-state index contributed by atoms with van der Waals surface area (Å²) in [4.78, 5) is 0. The minimum absolute atomic E-state index is 0.671. The summed E-state index contributed by atoms with van der Waals surface area (Å²) in [5.41, 5.74) is 2.96. The molecule has 1 atom stereocenters. The van der Waals surface area contributed by atoms with E-state index in [1.807, 2.05) is 0 Å². The fourth-order valence-corrected chi connectivity index (χ4v) is 2.41. The van der Waals surface area contributed by atoms with Crippen LogP contribution in [0, 0.1) is 12.8 Å². The zero-order chi connectivity index (χ0) is 13.4. The van der Waals surface area contributed by atoms with Crippen LogP contribution < -0.4 is 5.32 Å². The van der Waals surface area contributed by atoms with Gasteiger partial charge in [-0.05, 0) is 42.9 Å². The molecule has 1 N–H and O–H groups in total. The van der Waals surface area contributed by atoms with Gasteiger partial charge in [-0.3, -0.25) is 0 Å². The number of nitrogens with one attached hydrogen (secondary N) is 1. The van der Waals surface area contributed by atoms with E-state index >= 15 is 0 Å². The van der Waals surface area contributed by atoms with Crippen LogP contribution in [0.2, 0.25) is 0 Å². The summed E-state index contributed by atoms with van der Waals surface area (Å²) >= 11 is 0. The third kappa shape index (κ3) is 5.22. The maximum atomic E-state index is 3.62. The maximum Gasteiger partial charge on any atom is 0.00203 e. The van der Waals surface area contributed by atoms with E-state index in [0.717, 1.165) is 19.0 Å². The second-order valence-electron chi connectivity index (χ2n) is 5.75. The second kappa shape index (κ2) is 8.31. The number of aryl methyl sites for hydroxylation is 1. The van der Waals surface area contributed by atoms with Gasteiger partial charge in [-0.15, -0.1) is 0 Å². The van der Waals surface area contributed by atoms with Crippen molar-refractivity contribution in [2.45, 2.75) is 52.9 Å². The molecule has 0 radical (unpaired) electrons. The van der Waals surface area contributed by atoms with Crippen LogP contribution in [0.3, 0.4) is 0 Å². The lowest BCUT2D eigenvalue weighted by molar-refractivity contribution is 0.489. The van der Waals surface area contributed by atoms with E-state index in [1.54, 1.807) is 0 Å². The van der Waals surface area contributed by atoms with Crippen molar-refractivity contribution < 1.29 is 0 Å². The molecule has 1 unspecified atom stereocenters. The van der Waals surface area contributed by atoms with Gasteiger partial charge >= 0.3 is 0 Å². The van der Waals surface area contributed by atoms with Crippen molar-refractivity contribution in [1.29, 1.82) is 0 Å². The topological polar surface area (TPSA) is 12.0 Å². The molecule has 0 spiro atoms. The van der Waals surface area contributed by atoms with E-state index in [-0.39, 0.29) is 0 Å². The molecule has 1 rings (SSSR count). The van der Waals surface area contributed by atoms with Crippen molar-refractivity contribution in [3.63, 3.8) is 0 Å². The summed E-state index contributed by atoms with van der Waals surface area (Å²) in [6.07, 6.45) is 3.90. The predicted molar refractivity (Wildman–Crippen MR) is 81.2 cm³/mol. The van der Waals surface area contributed by atoms with Crippen LogP contribution in [0.25, 0.3) is 0 Å². The molecule has 18 heavy (non-hydrogen) atoms. The molecular weight excluding hydrogens is 218 g/mol. The van der Waals surface area contributed by atoms with Crippen LogP contribution in [0.5, 0.6) is 0 Å². The fraction of sp³-hybridized carbons (Fsp3) is 0.647. The number of rotatable bonds is 8. The van der Waals surface area contributed by atoms with E-state index in [2.05, 4.69) is 57.3 Å². The Balaban J connectivity index is 2.62. The SMILES string of the molecule is CCCCC(CNCC(C)C)c1ccccc1C. The molecule has 0 heterocycles. The Labute approximate surface area is 113 Å². The van der Waals surface area contributed by atoms with Crippen molar-refractivity contribution in [1.82, 2.24) is 5.32 Å². The molecule has 1 heteroatoms. The second-order valence-corrected chi connectivity index (χ2v) is 5.75. The lowest BCUT2D eigenvalue weighted by Gasteiger charge is -2.20. The third-order valence-corrected chi connectivity index (χ3v) is 3.48. The highest BCUT2D eigenvalue weighted by Gasteiger charge is 2.12. The molecule has 102 valence electrons. The van der Waals surface area contributed by atoms with Gasteiger partial charge in [-0.2, -0.15) is 0 Å². The quantitative estimate of drug-likeness (QED) is 0.712. The molecule has 0 saturated heterocycles. The van der Waals surface area contributed by atoms with Gasteiger partial charge in [0, 0.05) is 6.54 Å². The van der Waals surface area contributed by atoms with Gasteiger partial charge < -0.3 is 5.32 Å². The van der Waals surface area contributed by atoms with Crippen molar-refractivity contribution in [2.75, 3.05) is 13.1 Å². The van der Waals surface area contributed by atoms with E-state index in [9.17, 15) is 0 Å². The molecule has 0 amide bonds. The van der Waals surface area contributed by atoms with Crippen LogP contribution in [-0.4, -0.2) is 13.1 Å². The average Bonchev–Trinajstić information content (AvgIpc) is 2.34. The Hall–Kier alpha value is -0.820. The standard InChI is InChI=1S/C17H29N/c1-5-6-10-16(13-18-12-14(2)3)17-11-8-7-9-15(17)4/h7-9,11,14,16,18H,5-6,10,12-13H2,1-4H3. The van der Waals surface area contributed by atoms with E-state index in [0.29, 0.717) is 5.92 Å². The Morgan fingerprint density at radius 2 is 1.83 bits per heavy atom. The Morgan fingerprint density at radius 3 is 2.44 bits per heavy atom. The van der Waals surface area contributed by atoms with Gasteiger partial charge in [0.05, 0.1) is 0 Å². The van der Waals surface area contributed by atoms with Crippen LogP contribution in [0.4, 0.5) is 0 Å². The maximum absolute atomic E-state index is 3.62. The van der Waals surface area contributed by atoms with E-state index < -0.39 is 0 Å². The predicted octanol–water partition coefficient (Wildman–Crippen LogP) is 4.51. The summed E-state index contributed by atoms with van der Waals surface area (Å²) in [6, 6.07) is 8.84. The van der Waals surface area contributed by atoms with Crippen LogP contribution in [0.1, 0.15) is 57.1 Å². The highest BCUT2D eigenvalue weighted by molar-refractivity contribution is 5.29. The third-order valence-electron chi connectivity index (χ3n) is 3.48. The zero-order valence-electron chi connectivity index (χ0n) is 12.5. The summed E-state index contributed by atoms with van der Waals surface area (Å²) in [5, 5.41) is 3.62. The van der Waals surface area contributed by atoms with Crippen LogP contribution in [0.15, 0.2) is 24.3 Å². The normalized spacial score (nSPS) is 12.9. The van der Waals surface area contributed by atoms with Gasteiger partial charge in [-0.25, -0.2) is 0 Å². The molecule has 0 aliphatic carbocycles. The highest BCUT2D eigenvalue weighted by atomic mass is 14.9. The first-order chi connectivity index (χ1) is 8.65. The first-order valence-corrected chi connectivity index (χ1v) is 7.41. The molecule has 0 fully saturated rings. The fourth-order valence-electron chi connectivity index (χ4n) is 2.41. The number of hydrogen-bond acceptors (Lipinski definition) is 1. The minimum Gasteiger partial charge on any atom is -0.316 e. The number of benzene rings is 1. The van der Waals surface area contributed by atoms with Crippen LogP contribution >= 0.6 is 0 Å². The van der Waals surface area contributed by atoms with E-state index in [4.69, 9.17) is 0 Å². The lowest BCUT2D eigenvalue weighted by Crippen LogP contribution is -2.25. The van der Waals surface area contributed by atoms with Gasteiger partial charge in [0.25, 0.3) is 0 Å². The summed E-state index contributed by atoms with van der Waals surface area (Å²) in [6.45, 7) is 11.3. The van der Waals surface area contributed by atoms with Gasteiger partial charge in [-0.1, -0.05) is 57.9 Å². The molecule has 1 aromatic rings. The van der Waals surface area contributed by atoms with E-state index in [1.165, 1.54) is 30.4 Å². The van der Waals surface area contributed by atoms with Crippen LogP contribution in [-0.2, 0) is 0 Å². The van der Waals surface area contributed by atoms with Gasteiger partial charge in [0.1, 0.15) is 0 Å². The number of hydrogen-bond donors (Lipinski definition) is 1.